The lowest BCUT2D eigenvalue weighted by Crippen LogP contribution is -2.27. The topological polar surface area (TPSA) is 53.9 Å². The van der Waals surface area contributed by atoms with Crippen LogP contribution in [-0.4, -0.2) is 31.6 Å². The van der Waals surface area contributed by atoms with Gasteiger partial charge in [0.2, 0.25) is 0 Å². The second-order valence-electron chi connectivity index (χ2n) is 6.43. The molecule has 0 bridgehead atoms. The SMILES string of the molecule is CN=C1NC(CCc2ccc(N3Cc4ccccc4C3=O)cc2)CO1. The Bertz CT molecular complexity index is 814. The molecule has 1 amide bonds. The number of nitrogens with zero attached hydrogens (tertiary/aromatic N) is 2. The van der Waals surface area contributed by atoms with Crippen LogP contribution in [0.4, 0.5) is 5.69 Å². The van der Waals surface area contributed by atoms with Gasteiger partial charge in [-0.15, -0.1) is 0 Å². The summed E-state index contributed by atoms with van der Waals surface area (Å²) in [5, 5.41) is 3.26. The van der Waals surface area contributed by atoms with Crippen LogP contribution in [0.15, 0.2) is 53.5 Å². The number of amidine groups is 1. The molecule has 0 aliphatic carbocycles. The van der Waals surface area contributed by atoms with Gasteiger partial charge in [0.05, 0.1) is 12.6 Å². The number of benzene rings is 2. The van der Waals surface area contributed by atoms with Gasteiger partial charge in [0, 0.05) is 18.3 Å². The fourth-order valence-corrected chi connectivity index (χ4v) is 3.37. The van der Waals surface area contributed by atoms with Crippen LogP contribution in [0, 0.1) is 0 Å². The number of amides is 1. The van der Waals surface area contributed by atoms with Crippen molar-refractivity contribution < 1.29 is 9.53 Å². The van der Waals surface area contributed by atoms with Gasteiger partial charge in [0.15, 0.2) is 0 Å². The number of hydrogen-bond acceptors (Lipinski definition) is 3. The van der Waals surface area contributed by atoms with E-state index in [-0.39, 0.29) is 5.91 Å². The third kappa shape index (κ3) is 3.09. The van der Waals surface area contributed by atoms with Crippen molar-refractivity contribution in [2.45, 2.75) is 25.4 Å². The molecule has 25 heavy (non-hydrogen) atoms. The lowest BCUT2D eigenvalue weighted by molar-refractivity contribution is 0.0996. The molecule has 5 heteroatoms. The molecule has 2 aromatic rings. The first-order chi connectivity index (χ1) is 12.2. The fourth-order valence-electron chi connectivity index (χ4n) is 3.37. The molecule has 5 nitrogen and oxygen atoms in total. The predicted octanol–water partition coefficient (Wildman–Crippen LogP) is 2.75. The van der Waals surface area contributed by atoms with E-state index in [0.717, 1.165) is 29.7 Å². The number of ether oxygens (including phenoxy) is 1. The highest BCUT2D eigenvalue weighted by Gasteiger charge is 2.27. The van der Waals surface area contributed by atoms with Gasteiger partial charge in [0.1, 0.15) is 6.61 Å². The van der Waals surface area contributed by atoms with Gasteiger partial charge in [-0.2, -0.15) is 0 Å². The maximum absolute atomic E-state index is 12.5. The van der Waals surface area contributed by atoms with Crippen molar-refractivity contribution >= 4 is 17.6 Å². The van der Waals surface area contributed by atoms with E-state index in [1.165, 1.54) is 5.56 Å². The molecular weight excluding hydrogens is 314 g/mol. The van der Waals surface area contributed by atoms with Gasteiger partial charge in [-0.1, -0.05) is 30.3 Å². The van der Waals surface area contributed by atoms with Gasteiger partial charge in [-0.3, -0.25) is 4.79 Å². The highest BCUT2D eigenvalue weighted by molar-refractivity contribution is 6.09. The highest BCUT2D eigenvalue weighted by atomic mass is 16.5. The molecular formula is C20H21N3O2. The molecule has 0 spiro atoms. The predicted molar refractivity (Wildman–Crippen MR) is 98.0 cm³/mol. The number of rotatable bonds is 4. The third-order valence-corrected chi connectivity index (χ3v) is 4.80. The first kappa shape index (κ1) is 15.7. The highest BCUT2D eigenvalue weighted by Crippen LogP contribution is 2.28. The van der Waals surface area contributed by atoms with Crippen molar-refractivity contribution in [1.82, 2.24) is 5.32 Å². The average Bonchev–Trinajstić information content (AvgIpc) is 3.25. The minimum Gasteiger partial charge on any atom is -0.463 e. The quantitative estimate of drug-likeness (QED) is 0.935. The van der Waals surface area contributed by atoms with E-state index in [1.807, 2.05) is 41.3 Å². The summed E-state index contributed by atoms with van der Waals surface area (Å²) in [6.07, 6.45) is 1.96. The van der Waals surface area contributed by atoms with Crippen molar-refractivity contribution in [3.63, 3.8) is 0 Å². The number of anilines is 1. The normalized spacial score (nSPS) is 20.5. The minimum absolute atomic E-state index is 0.0852. The second-order valence-corrected chi connectivity index (χ2v) is 6.43. The number of carbonyl (C=O) groups is 1. The Morgan fingerprint density at radius 1 is 1.20 bits per heavy atom. The molecule has 0 saturated carbocycles. The van der Waals surface area contributed by atoms with E-state index in [2.05, 4.69) is 22.4 Å². The van der Waals surface area contributed by atoms with E-state index in [9.17, 15) is 4.79 Å². The first-order valence-corrected chi connectivity index (χ1v) is 8.59. The number of aliphatic imine (C=N–C) groups is 1. The van der Waals surface area contributed by atoms with Crippen molar-refractivity contribution in [3.05, 3.63) is 65.2 Å². The zero-order valence-corrected chi connectivity index (χ0v) is 14.2. The molecule has 2 aliphatic heterocycles. The maximum atomic E-state index is 12.5. The van der Waals surface area contributed by atoms with Crippen LogP contribution in [0.1, 0.15) is 27.9 Å². The Hall–Kier alpha value is -2.82. The summed E-state index contributed by atoms with van der Waals surface area (Å²) in [5.41, 5.74) is 4.12. The summed E-state index contributed by atoms with van der Waals surface area (Å²) in [7, 11) is 1.72. The van der Waals surface area contributed by atoms with Gasteiger partial charge in [-0.25, -0.2) is 4.99 Å². The lowest BCUT2D eigenvalue weighted by Gasteiger charge is -2.16. The summed E-state index contributed by atoms with van der Waals surface area (Å²) < 4.78 is 5.43. The monoisotopic (exact) mass is 335 g/mol. The largest absolute Gasteiger partial charge is 0.463 e. The second kappa shape index (κ2) is 6.59. The molecule has 4 rings (SSSR count). The summed E-state index contributed by atoms with van der Waals surface area (Å²) in [6.45, 7) is 1.32. The molecule has 1 N–H and O–H groups in total. The van der Waals surface area contributed by atoms with Gasteiger partial charge in [-0.05, 0) is 42.2 Å². The average molecular weight is 335 g/mol. The van der Waals surface area contributed by atoms with E-state index in [0.29, 0.717) is 25.2 Å². The smallest absolute Gasteiger partial charge is 0.284 e. The van der Waals surface area contributed by atoms with Crippen LogP contribution < -0.4 is 10.2 Å². The molecule has 2 heterocycles. The van der Waals surface area contributed by atoms with Crippen LogP contribution in [0.3, 0.4) is 0 Å². The van der Waals surface area contributed by atoms with Crippen LogP contribution in [0.5, 0.6) is 0 Å². The van der Waals surface area contributed by atoms with Gasteiger partial charge >= 0.3 is 0 Å². The van der Waals surface area contributed by atoms with E-state index in [1.54, 1.807) is 7.05 Å². The molecule has 1 unspecified atom stereocenters. The standard InChI is InChI=1S/C20H21N3O2/c1-21-20-22-16(13-25-20)9-6-14-7-10-17(11-8-14)23-12-15-4-2-3-5-18(15)19(23)24/h2-5,7-8,10-11,16H,6,9,12-13H2,1H3,(H,21,22). The number of carbonyl (C=O) groups excluding carboxylic acids is 1. The number of fused-ring (bicyclic) bond motifs is 1. The number of nitrogens with one attached hydrogen (secondary N) is 1. The Balaban J connectivity index is 1.39. The Labute approximate surface area is 147 Å². The molecule has 0 radical (unpaired) electrons. The summed E-state index contributed by atoms with van der Waals surface area (Å²) in [6, 6.07) is 17.1. The van der Waals surface area contributed by atoms with Crippen molar-refractivity contribution in [2.24, 2.45) is 4.99 Å². The minimum atomic E-state index is 0.0852. The maximum Gasteiger partial charge on any atom is 0.284 e. The summed E-state index contributed by atoms with van der Waals surface area (Å²) in [4.78, 5) is 18.4. The van der Waals surface area contributed by atoms with Gasteiger partial charge < -0.3 is 15.0 Å². The van der Waals surface area contributed by atoms with E-state index >= 15 is 0 Å². The number of aryl methyl sites for hydroxylation is 1. The zero-order chi connectivity index (χ0) is 17.2. The van der Waals surface area contributed by atoms with E-state index < -0.39 is 0 Å². The third-order valence-electron chi connectivity index (χ3n) is 4.80. The van der Waals surface area contributed by atoms with Crippen molar-refractivity contribution in [1.29, 1.82) is 0 Å². The number of hydrogen-bond donors (Lipinski definition) is 1. The van der Waals surface area contributed by atoms with Crippen LogP contribution >= 0.6 is 0 Å². The molecule has 2 aromatic carbocycles. The summed E-state index contributed by atoms with van der Waals surface area (Å²) in [5.74, 6) is 0.0852. The molecule has 1 saturated heterocycles. The van der Waals surface area contributed by atoms with Gasteiger partial charge in [0.25, 0.3) is 11.9 Å². The molecule has 128 valence electrons. The molecule has 1 atom stereocenters. The van der Waals surface area contributed by atoms with Crippen LogP contribution in [0.2, 0.25) is 0 Å². The lowest BCUT2D eigenvalue weighted by atomic mass is 10.1. The van der Waals surface area contributed by atoms with Crippen molar-refractivity contribution in [3.8, 4) is 0 Å². The molecule has 2 aliphatic rings. The van der Waals surface area contributed by atoms with Crippen LogP contribution in [0.25, 0.3) is 0 Å². The molecule has 1 fully saturated rings. The van der Waals surface area contributed by atoms with E-state index in [4.69, 9.17) is 4.74 Å². The fraction of sp³-hybridized carbons (Fsp3) is 0.300. The zero-order valence-electron chi connectivity index (χ0n) is 14.2. The molecule has 0 aromatic heterocycles. The van der Waals surface area contributed by atoms with Crippen LogP contribution in [-0.2, 0) is 17.7 Å². The Morgan fingerprint density at radius 2 is 2.00 bits per heavy atom. The van der Waals surface area contributed by atoms with Crippen molar-refractivity contribution in [2.75, 3.05) is 18.6 Å². The first-order valence-electron chi connectivity index (χ1n) is 8.59. The Kier molecular flexibility index (Phi) is 4.14. The summed E-state index contributed by atoms with van der Waals surface area (Å²) >= 11 is 0. The Morgan fingerprint density at radius 3 is 2.72 bits per heavy atom.